The molecule has 1 saturated heterocycles. The van der Waals surface area contributed by atoms with Crippen LogP contribution in [0.3, 0.4) is 0 Å². The molecule has 2 heterocycles. The third-order valence-electron chi connectivity index (χ3n) is 4.98. The molecule has 2 amide bonds. The predicted molar refractivity (Wildman–Crippen MR) is 86.4 cm³/mol. The van der Waals surface area contributed by atoms with E-state index in [0.29, 0.717) is 12.0 Å². The maximum absolute atomic E-state index is 12.3. The number of amides is 2. The summed E-state index contributed by atoms with van der Waals surface area (Å²) in [5.74, 6) is 0.689. The van der Waals surface area contributed by atoms with E-state index in [2.05, 4.69) is 28.2 Å². The molecule has 1 aliphatic heterocycles. The number of carbonyl (C=O) groups is 1. The third-order valence-corrected chi connectivity index (χ3v) is 4.98. The Labute approximate surface area is 132 Å². The molecule has 1 saturated carbocycles. The highest BCUT2D eigenvalue weighted by Gasteiger charge is 2.27. The molecule has 22 heavy (non-hydrogen) atoms. The van der Waals surface area contributed by atoms with Crippen LogP contribution in [-0.4, -0.2) is 53.0 Å². The second-order valence-corrected chi connectivity index (χ2v) is 6.51. The first-order valence-corrected chi connectivity index (χ1v) is 8.40. The number of hydrogen-bond donors (Lipinski definition) is 1. The summed E-state index contributed by atoms with van der Waals surface area (Å²) in [4.78, 5) is 21.0. The Morgan fingerprint density at radius 1 is 1.32 bits per heavy atom. The number of hydrogen-bond acceptors (Lipinski definition) is 3. The van der Waals surface area contributed by atoms with Gasteiger partial charge >= 0.3 is 6.03 Å². The fourth-order valence-corrected chi connectivity index (χ4v) is 3.17. The van der Waals surface area contributed by atoms with Gasteiger partial charge in [-0.15, -0.1) is 0 Å². The molecular formula is C17H26N4O. The topological polar surface area (TPSA) is 48.5 Å². The van der Waals surface area contributed by atoms with Gasteiger partial charge < -0.3 is 10.2 Å². The average Bonchev–Trinajstić information content (AvgIpc) is 2.47. The lowest BCUT2D eigenvalue weighted by Gasteiger charge is -2.37. The highest BCUT2D eigenvalue weighted by molar-refractivity contribution is 5.74. The van der Waals surface area contributed by atoms with Crippen molar-refractivity contribution >= 4 is 6.03 Å². The highest BCUT2D eigenvalue weighted by atomic mass is 16.2. The van der Waals surface area contributed by atoms with Crippen LogP contribution < -0.4 is 5.32 Å². The quantitative estimate of drug-likeness (QED) is 0.926. The molecule has 0 bridgehead atoms. The lowest BCUT2D eigenvalue weighted by molar-refractivity contribution is 0.128. The molecule has 120 valence electrons. The minimum atomic E-state index is 0.108. The first kappa shape index (κ1) is 15.3. The Hall–Kier alpha value is -1.62. The van der Waals surface area contributed by atoms with Gasteiger partial charge in [0.25, 0.3) is 0 Å². The molecule has 5 nitrogen and oxygen atoms in total. The molecule has 2 aliphatic rings. The Balaban J connectivity index is 1.42. The van der Waals surface area contributed by atoms with Gasteiger partial charge in [-0.1, -0.05) is 12.5 Å². The minimum Gasteiger partial charge on any atom is -0.335 e. The molecule has 1 aliphatic carbocycles. The molecule has 1 atom stereocenters. The number of rotatable bonds is 4. The van der Waals surface area contributed by atoms with Gasteiger partial charge in [0.1, 0.15) is 0 Å². The number of carbonyl (C=O) groups excluding carboxylic acids is 1. The van der Waals surface area contributed by atoms with Crippen molar-refractivity contribution in [3.63, 3.8) is 0 Å². The lowest BCUT2D eigenvalue weighted by atomic mass is 9.80. The molecule has 1 N–H and O–H groups in total. The van der Waals surface area contributed by atoms with E-state index >= 15 is 0 Å². The summed E-state index contributed by atoms with van der Waals surface area (Å²) in [7, 11) is 0. The second kappa shape index (κ2) is 7.09. The van der Waals surface area contributed by atoms with Crippen LogP contribution in [-0.2, 0) is 6.54 Å². The van der Waals surface area contributed by atoms with Crippen LogP contribution >= 0.6 is 0 Å². The van der Waals surface area contributed by atoms with E-state index in [4.69, 9.17) is 0 Å². The first-order chi connectivity index (χ1) is 10.7. The number of nitrogens with zero attached hydrogens (tertiary/aromatic N) is 3. The van der Waals surface area contributed by atoms with Crippen molar-refractivity contribution in [1.82, 2.24) is 20.1 Å². The Morgan fingerprint density at radius 3 is 2.68 bits per heavy atom. The summed E-state index contributed by atoms with van der Waals surface area (Å²) in [6.45, 7) is 6.45. The second-order valence-electron chi connectivity index (χ2n) is 6.51. The van der Waals surface area contributed by atoms with Crippen molar-refractivity contribution in [2.75, 3.05) is 26.2 Å². The Morgan fingerprint density at radius 2 is 2.09 bits per heavy atom. The van der Waals surface area contributed by atoms with Gasteiger partial charge in [0.2, 0.25) is 0 Å². The largest absolute Gasteiger partial charge is 0.335 e. The Bertz CT molecular complexity index is 481. The summed E-state index contributed by atoms with van der Waals surface area (Å²) >= 11 is 0. The number of aromatic nitrogens is 1. The zero-order valence-corrected chi connectivity index (χ0v) is 13.4. The molecule has 2 fully saturated rings. The van der Waals surface area contributed by atoms with Crippen LogP contribution in [0.4, 0.5) is 4.79 Å². The number of urea groups is 1. The summed E-state index contributed by atoms with van der Waals surface area (Å²) < 4.78 is 0. The number of nitrogens with one attached hydrogen (secondary N) is 1. The van der Waals surface area contributed by atoms with Crippen molar-refractivity contribution in [2.24, 2.45) is 5.92 Å². The van der Waals surface area contributed by atoms with E-state index in [-0.39, 0.29) is 6.03 Å². The zero-order chi connectivity index (χ0) is 15.4. The molecule has 0 aromatic carbocycles. The zero-order valence-electron chi connectivity index (χ0n) is 13.4. The fraction of sp³-hybridized carbons (Fsp3) is 0.647. The van der Waals surface area contributed by atoms with Crippen LogP contribution in [0.2, 0.25) is 0 Å². The van der Waals surface area contributed by atoms with Gasteiger partial charge in [-0.05, 0) is 37.8 Å². The highest BCUT2D eigenvalue weighted by Crippen LogP contribution is 2.29. The van der Waals surface area contributed by atoms with Gasteiger partial charge in [0.05, 0.1) is 5.69 Å². The number of pyridine rings is 1. The van der Waals surface area contributed by atoms with Crippen LogP contribution in [0.1, 0.15) is 31.9 Å². The summed E-state index contributed by atoms with van der Waals surface area (Å²) in [5, 5.41) is 3.17. The van der Waals surface area contributed by atoms with E-state index in [9.17, 15) is 4.79 Å². The average molecular weight is 302 g/mol. The summed E-state index contributed by atoms with van der Waals surface area (Å²) in [6, 6.07) is 6.44. The summed E-state index contributed by atoms with van der Waals surface area (Å²) in [5.41, 5.74) is 1.10. The van der Waals surface area contributed by atoms with Crippen molar-refractivity contribution in [3.8, 4) is 0 Å². The summed E-state index contributed by atoms with van der Waals surface area (Å²) in [6.07, 6.45) is 5.68. The van der Waals surface area contributed by atoms with Crippen LogP contribution in [0.25, 0.3) is 0 Å². The van der Waals surface area contributed by atoms with Crippen molar-refractivity contribution in [3.05, 3.63) is 30.1 Å². The monoisotopic (exact) mass is 302 g/mol. The van der Waals surface area contributed by atoms with E-state index < -0.39 is 0 Å². The van der Waals surface area contributed by atoms with Gasteiger partial charge in [0, 0.05) is 45.0 Å². The van der Waals surface area contributed by atoms with Crippen LogP contribution in [0.15, 0.2) is 24.4 Å². The standard InChI is InChI=1S/C17H26N4O/c1-14(15-5-4-6-15)19-17(22)21-11-9-20(10-12-21)13-16-7-2-3-8-18-16/h2-3,7-8,14-15H,4-6,9-13H2,1H3,(H,19,22)/t14-/m0/s1. The van der Waals surface area contributed by atoms with Crippen molar-refractivity contribution in [2.45, 2.75) is 38.8 Å². The molecule has 0 radical (unpaired) electrons. The molecule has 5 heteroatoms. The molecule has 3 rings (SSSR count). The maximum Gasteiger partial charge on any atom is 0.317 e. The van der Waals surface area contributed by atoms with E-state index in [0.717, 1.165) is 38.4 Å². The molecule has 1 aromatic rings. The van der Waals surface area contributed by atoms with Crippen LogP contribution in [0.5, 0.6) is 0 Å². The lowest BCUT2D eigenvalue weighted by Crippen LogP contribution is -2.54. The fourth-order valence-electron chi connectivity index (χ4n) is 3.17. The van der Waals surface area contributed by atoms with Crippen molar-refractivity contribution in [1.29, 1.82) is 0 Å². The van der Waals surface area contributed by atoms with E-state index in [1.54, 1.807) is 0 Å². The molecule has 0 spiro atoms. The van der Waals surface area contributed by atoms with Gasteiger partial charge in [-0.2, -0.15) is 0 Å². The predicted octanol–water partition coefficient (Wildman–Crippen LogP) is 2.10. The van der Waals surface area contributed by atoms with Gasteiger partial charge in [-0.3, -0.25) is 9.88 Å². The van der Waals surface area contributed by atoms with Gasteiger partial charge in [0.15, 0.2) is 0 Å². The normalized spacial score (nSPS) is 21.2. The first-order valence-electron chi connectivity index (χ1n) is 8.40. The minimum absolute atomic E-state index is 0.108. The van der Waals surface area contributed by atoms with Crippen LogP contribution in [0, 0.1) is 5.92 Å². The van der Waals surface area contributed by atoms with Gasteiger partial charge in [-0.25, -0.2) is 4.79 Å². The number of piperazine rings is 1. The SMILES string of the molecule is C[C@H](NC(=O)N1CCN(Cc2ccccn2)CC1)C1CCC1. The third kappa shape index (κ3) is 3.77. The maximum atomic E-state index is 12.3. The van der Waals surface area contributed by atoms with E-state index in [1.807, 2.05) is 23.2 Å². The molecule has 0 unspecified atom stereocenters. The smallest absolute Gasteiger partial charge is 0.317 e. The Kier molecular flexibility index (Phi) is 4.93. The molecular weight excluding hydrogens is 276 g/mol. The van der Waals surface area contributed by atoms with E-state index in [1.165, 1.54) is 19.3 Å². The molecule has 1 aromatic heterocycles. The van der Waals surface area contributed by atoms with Crippen molar-refractivity contribution < 1.29 is 4.79 Å².